The summed E-state index contributed by atoms with van der Waals surface area (Å²) in [6.07, 6.45) is 1.35. The molecule has 10 heteroatoms. The van der Waals surface area contributed by atoms with Gasteiger partial charge in [0.1, 0.15) is 5.75 Å². The van der Waals surface area contributed by atoms with Crippen molar-refractivity contribution < 1.29 is 27.5 Å². The summed E-state index contributed by atoms with van der Waals surface area (Å²) < 4.78 is 30.0. The number of carbonyl (C=O) groups is 3. The van der Waals surface area contributed by atoms with Crippen molar-refractivity contribution in [3.05, 3.63) is 59.7 Å². The van der Waals surface area contributed by atoms with Crippen molar-refractivity contribution in [1.29, 1.82) is 0 Å². The molecule has 9 nitrogen and oxygen atoms in total. The molecule has 4 rings (SSSR count). The number of para-hydroxylation sites is 1. The van der Waals surface area contributed by atoms with Crippen LogP contribution in [0.2, 0.25) is 0 Å². The van der Waals surface area contributed by atoms with Gasteiger partial charge in [0.25, 0.3) is 5.91 Å². The van der Waals surface area contributed by atoms with E-state index in [-0.39, 0.29) is 18.6 Å². The number of rotatable bonds is 5. The molecule has 0 radical (unpaired) electrons. The predicted octanol–water partition coefficient (Wildman–Crippen LogP) is 1.49. The van der Waals surface area contributed by atoms with Crippen molar-refractivity contribution in [1.82, 2.24) is 10.2 Å². The molecule has 2 heterocycles. The van der Waals surface area contributed by atoms with E-state index in [1.807, 2.05) is 0 Å². The van der Waals surface area contributed by atoms with Gasteiger partial charge < -0.3 is 10.1 Å². The number of benzene rings is 2. The minimum atomic E-state index is -3.43. The van der Waals surface area contributed by atoms with Crippen LogP contribution in [0.15, 0.2) is 48.5 Å². The Kier molecular flexibility index (Phi) is 4.97. The van der Waals surface area contributed by atoms with Crippen LogP contribution in [0.4, 0.5) is 10.5 Å². The molecule has 3 amide bonds. The molecule has 2 aliphatic heterocycles. The van der Waals surface area contributed by atoms with Crippen LogP contribution in [0.1, 0.15) is 22.3 Å². The molecule has 2 aromatic rings. The van der Waals surface area contributed by atoms with E-state index in [9.17, 15) is 22.8 Å². The lowest BCUT2D eigenvalue weighted by Gasteiger charge is -2.33. The number of amides is 3. The van der Waals surface area contributed by atoms with Crippen molar-refractivity contribution in [3.63, 3.8) is 0 Å². The maximum absolute atomic E-state index is 13.2. The molecule has 162 valence electrons. The molecule has 1 atom stereocenters. The number of urea groups is 1. The number of hydrogen-bond acceptors (Lipinski definition) is 6. The monoisotopic (exact) mass is 443 g/mol. The van der Waals surface area contributed by atoms with Crippen LogP contribution in [0.3, 0.4) is 0 Å². The molecular formula is C21H21N3O6S. The first-order chi connectivity index (χ1) is 14.6. The molecule has 1 spiro atoms. The first-order valence-electron chi connectivity index (χ1n) is 9.57. The zero-order valence-corrected chi connectivity index (χ0v) is 17.8. The third-order valence-corrected chi connectivity index (χ3v) is 6.82. The number of fused-ring (bicyclic) bond motifs is 2. The smallest absolute Gasteiger partial charge is 0.325 e. The highest BCUT2D eigenvalue weighted by Crippen LogP contribution is 2.40. The SMILES string of the molecule is CN(c1ccc(C(=O)CN2C(=O)NC3(CCOc4ccccc43)C2=O)cc1)S(C)(=O)=O. The van der Waals surface area contributed by atoms with Gasteiger partial charge in [-0.25, -0.2) is 13.2 Å². The predicted molar refractivity (Wildman–Crippen MR) is 112 cm³/mol. The minimum Gasteiger partial charge on any atom is -0.493 e. The molecule has 1 fully saturated rings. The van der Waals surface area contributed by atoms with Crippen LogP contribution in [0.25, 0.3) is 0 Å². The van der Waals surface area contributed by atoms with Crippen LogP contribution >= 0.6 is 0 Å². The number of ketones is 1. The number of Topliss-reactive ketones (excluding diaryl/α,β-unsaturated/α-hetero) is 1. The molecule has 2 aromatic carbocycles. The first kappa shape index (κ1) is 20.9. The van der Waals surface area contributed by atoms with E-state index in [0.717, 1.165) is 15.5 Å². The molecule has 1 unspecified atom stereocenters. The standard InChI is InChI=1S/C21H21N3O6S/c1-23(31(2,28)29)15-9-7-14(8-10-15)17(25)13-24-19(26)21(22-20(24)27)11-12-30-18-6-4-3-5-16(18)21/h3-10H,11-13H2,1-2H3,(H,22,27). The van der Waals surface area contributed by atoms with Gasteiger partial charge in [-0.2, -0.15) is 0 Å². The Morgan fingerprint density at radius 3 is 2.52 bits per heavy atom. The van der Waals surface area contributed by atoms with E-state index in [0.29, 0.717) is 17.0 Å². The Morgan fingerprint density at radius 1 is 1.16 bits per heavy atom. The maximum atomic E-state index is 13.2. The number of hydrogen-bond donors (Lipinski definition) is 1. The lowest BCUT2D eigenvalue weighted by molar-refractivity contribution is -0.132. The second kappa shape index (κ2) is 7.38. The van der Waals surface area contributed by atoms with Crippen LogP contribution in [-0.2, 0) is 20.4 Å². The van der Waals surface area contributed by atoms with Crippen molar-refractivity contribution in [2.45, 2.75) is 12.0 Å². The summed E-state index contributed by atoms with van der Waals surface area (Å²) in [5.41, 5.74) is -0.0112. The summed E-state index contributed by atoms with van der Waals surface area (Å²) in [6, 6.07) is 12.3. The highest BCUT2D eigenvalue weighted by Gasteiger charge is 2.55. The summed E-state index contributed by atoms with van der Waals surface area (Å²) in [4.78, 5) is 39.5. The zero-order chi connectivity index (χ0) is 22.4. The molecule has 0 aromatic heterocycles. The molecule has 31 heavy (non-hydrogen) atoms. The lowest BCUT2D eigenvalue weighted by Crippen LogP contribution is -2.47. The summed E-state index contributed by atoms with van der Waals surface area (Å²) >= 11 is 0. The third-order valence-electron chi connectivity index (χ3n) is 5.61. The number of nitrogens with one attached hydrogen (secondary N) is 1. The molecular weight excluding hydrogens is 422 g/mol. The summed E-state index contributed by atoms with van der Waals surface area (Å²) in [5, 5.41) is 2.75. The van der Waals surface area contributed by atoms with Gasteiger partial charge >= 0.3 is 6.03 Å². The highest BCUT2D eigenvalue weighted by atomic mass is 32.2. The van der Waals surface area contributed by atoms with Gasteiger partial charge in [0.2, 0.25) is 10.0 Å². The number of imide groups is 1. The van der Waals surface area contributed by atoms with Gasteiger partial charge in [0.05, 0.1) is 25.1 Å². The van der Waals surface area contributed by atoms with Crippen molar-refractivity contribution >= 4 is 33.4 Å². The topological polar surface area (TPSA) is 113 Å². The molecule has 0 bridgehead atoms. The van der Waals surface area contributed by atoms with E-state index >= 15 is 0 Å². The van der Waals surface area contributed by atoms with Crippen molar-refractivity contribution in [2.75, 3.05) is 30.8 Å². The Hall–Kier alpha value is -3.40. The fraction of sp³-hybridized carbons (Fsp3) is 0.286. The fourth-order valence-corrected chi connectivity index (χ4v) is 4.30. The molecule has 1 saturated heterocycles. The van der Waals surface area contributed by atoms with Gasteiger partial charge in [0.15, 0.2) is 11.3 Å². The summed E-state index contributed by atoms with van der Waals surface area (Å²) in [6.45, 7) is -0.156. The molecule has 1 N–H and O–H groups in total. The van der Waals surface area contributed by atoms with E-state index < -0.39 is 39.8 Å². The number of ether oxygens (including phenoxy) is 1. The average Bonchev–Trinajstić information content (AvgIpc) is 2.97. The summed E-state index contributed by atoms with van der Waals surface area (Å²) in [7, 11) is -2.02. The Balaban J connectivity index is 1.55. The van der Waals surface area contributed by atoms with Crippen LogP contribution in [-0.4, -0.2) is 57.5 Å². The van der Waals surface area contributed by atoms with Crippen LogP contribution in [0, 0.1) is 0 Å². The van der Waals surface area contributed by atoms with E-state index in [1.165, 1.54) is 31.3 Å². The third kappa shape index (κ3) is 3.52. The number of anilines is 1. The Bertz CT molecular complexity index is 1180. The van der Waals surface area contributed by atoms with Crippen LogP contribution < -0.4 is 14.4 Å². The lowest BCUT2D eigenvalue weighted by atomic mass is 9.84. The second-order valence-electron chi connectivity index (χ2n) is 7.52. The van der Waals surface area contributed by atoms with Gasteiger partial charge in [-0.05, 0) is 30.3 Å². The maximum Gasteiger partial charge on any atom is 0.325 e. The quantitative estimate of drug-likeness (QED) is 0.553. The number of sulfonamides is 1. The number of carbonyl (C=O) groups excluding carboxylic acids is 3. The first-order valence-corrected chi connectivity index (χ1v) is 11.4. The molecule has 2 aliphatic rings. The van der Waals surface area contributed by atoms with E-state index in [4.69, 9.17) is 4.74 Å². The normalized spacial score (nSPS) is 20.3. The van der Waals surface area contributed by atoms with Gasteiger partial charge in [0, 0.05) is 24.6 Å². The van der Waals surface area contributed by atoms with Gasteiger partial charge in [-0.15, -0.1) is 0 Å². The Labute approximate surface area is 179 Å². The Morgan fingerprint density at radius 2 is 1.84 bits per heavy atom. The van der Waals surface area contributed by atoms with E-state index in [2.05, 4.69) is 5.32 Å². The van der Waals surface area contributed by atoms with Gasteiger partial charge in [-0.1, -0.05) is 18.2 Å². The fourth-order valence-electron chi connectivity index (χ4n) is 3.80. The largest absolute Gasteiger partial charge is 0.493 e. The average molecular weight is 443 g/mol. The minimum absolute atomic E-state index is 0.263. The highest BCUT2D eigenvalue weighted by molar-refractivity contribution is 7.92. The molecule has 0 aliphatic carbocycles. The summed E-state index contributed by atoms with van der Waals surface area (Å²) in [5.74, 6) is -0.398. The number of nitrogens with zero attached hydrogens (tertiary/aromatic N) is 2. The van der Waals surface area contributed by atoms with Gasteiger partial charge in [-0.3, -0.25) is 18.8 Å². The second-order valence-corrected chi connectivity index (χ2v) is 9.54. The van der Waals surface area contributed by atoms with Crippen molar-refractivity contribution in [3.8, 4) is 5.75 Å². The van der Waals surface area contributed by atoms with Crippen LogP contribution in [0.5, 0.6) is 5.75 Å². The molecule has 0 saturated carbocycles. The zero-order valence-electron chi connectivity index (χ0n) is 17.0. The van der Waals surface area contributed by atoms with Crippen molar-refractivity contribution in [2.24, 2.45) is 0 Å². The van der Waals surface area contributed by atoms with E-state index in [1.54, 1.807) is 24.3 Å².